The van der Waals surface area contributed by atoms with Gasteiger partial charge in [-0.1, -0.05) is 30.3 Å². The number of aryl methyl sites for hydroxylation is 1. The summed E-state index contributed by atoms with van der Waals surface area (Å²) in [5.41, 5.74) is 2.04. The molecular weight excluding hydrogens is 402 g/mol. The van der Waals surface area contributed by atoms with Crippen LogP contribution in [-0.4, -0.2) is 61.3 Å². The van der Waals surface area contributed by atoms with Gasteiger partial charge < -0.3 is 19.7 Å². The molecule has 6 heteroatoms. The van der Waals surface area contributed by atoms with E-state index in [2.05, 4.69) is 45.5 Å². The summed E-state index contributed by atoms with van der Waals surface area (Å²) in [5.74, 6) is 1.26. The molecule has 0 atom stereocenters. The minimum absolute atomic E-state index is 0.0676. The van der Waals surface area contributed by atoms with Gasteiger partial charge in [-0.25, -0.2) is 4.98 Å². The number of nitrogens with zero attached hydrogens (tertiary/aromatic N) is 2. The molecule has 1 aromatic heterocycles. The fraction of sp³-hybridized carbons (Fsp3) is 0.538. The normalized spacial score (nSPS) is 18.4. The molecule has 32 heavy (non-hydrogen) atoms. The fourth-order valence-electron chi connectivity index (χ4n) is 4.52. The van der Waals surface area contributed by atoms with Crippen molar-refractivity contribution in [1.82, 2.24) is 15.2 Å². The van der Waals surface area contributed by atoms with E-state index in [1.807, 2.05) is 0 Å². The number of hydrogen-bond acceptors (Lipinski definition) is 5. The van der Waals surface area contributed by atoms with Crippen molar-refractivity contribution in [2.24, 2.45) is 5.92 Å². The number of carbonyl (C=O) groups is 1. The van der Waals surface area contributed by atoms with Crippen molar-refractivity contribution in [3.63, 3.8) is 0 Å². The van der Waals surface area contributed by atoms with Gasteiger partial charge in [0.1, 0.15) is 6.10 Å². The van der Waals surface area contributed by atoms with Crippen molar-refractivity contribution in [2.75, 3.05) is 39.4 Å². The molecule has 2 fully saturated rings. The molecule has 0 saturated carbocycles. The second-order valence-electron chi connectivity index (χ2n) is 8.88. The summed E-state index contributed by atoms with van der Waals surface area (Å²) in [6.07, 6.45) is 8.43. The highest BCUT2D eigenvalue weighted by Gasteiger charge is 2.19. The molecular formula is C26H35N3O3. The highest BCUT2D eigenvalue weighted by Crippen LogP contribution is 2.22. The van der Waals surface area contributed by atoms with Gasteiger partial charge in [-0.3, -0.25) is 4.79 Å². The number of amides is 1. The van der Waals surface area contributed by atoms with Crippen LogP contribution in [0.2, 0.25) is 0 Å². The van der Waals surface area contributed by atoms with E-state index in [1.54, 1.807) is 18.3 Å². The lowest BCUT2D eigenvalue weighted by Gasteiger charge is -2.32. The number of benzene rings is 1. The molecule has 0 bridgehead atoms. The molecule has 0 aliphatic carbocycles. The molecule has 1 aromatic carbocycles. The predicted molar refractivity (Wildman–Crippen MR) is 125 cm³/mol. The first-order chi connectivity index (χ1) is 15.8. The molecule has 6 nitrogen and oxygen atoms in total. The minimum atomic E-state index is -0.0676. The molecule has 0 radical (unpaired) electrons. The smallest absolute Gasteiger partial charge is 0.251 e. The number of likely N-dealkylation sites (tertiary alicyclic amines) is 1. The Hall–Kier alpha value is -2.44. The number of rotatable bonds is 9. The Kier molecular flexibility index (Phi) is 8.51. The molecule has 2 aliphatic rings. The highest BCUT2D eigenvalue weighted by molar-refractivity contribution is 5.94. The first-order valence-corrected chi connectivity index (χ1v) is 12.0. The van der Waals surface area contributed by atoms with Gasteiger partial charge in [0.15, 0.2) is 0 Å². The van der Waals surface area contributed by atoms with Gasteiger partial charge in [-0.15, -0.1) is 0 Å². The zero-order chi connectivity index (χ0) is 22.0. The standard InChI is InChI=1S/C26H35N3O3/c30-26(23-8-13-27-25(20-23)32-24-11-18-31-19-12-24)28-14-17-29-15-9-22(10-16-29)7-6-21-4-2-1-3-5-21/h1-5,8,13,20,22,24H,6-7,9-12,14-19H2,(H,28,30). The number of carbonyl (C=O) groups excluding carboxylic acids is 1. The third-order valence-corrected chi connectivity index (χ3v) is 6.56. The zero-order valence-corrected chi connectivity index (χ0v) is 18.9. The summed E-state index contributed by atoms with van der Waals surface area (Å²) in [6.45, 7) is 5.23. The first kappa shape index (κ1) is 22.7. The second kappa shape index (κ2) is 12.0. The van der Waals surface area contributed by atoms with E-state index < -0.39 is 0 Å². The lowest BCUT2D eigenvalue weighted by atomic mass is 9.90. The lowest BCUT2D eigenvalue weighted by molar-refractivity contribution is 0.0237. The second-order valence-corrected chi connectivity index (χ2v) is 8.88. The van der Waals surface area contributed by atoms with E-state index in [0.29, 0.717) is 18.0 Å². The lowest BCUT2D eigenvalue weighted by Crippen LogP contribution is -2.39. The van der Waals surface area contributed by atoms with Crippen LogP contribution in [0.15, 0.2) is 48.7 Å². The SMILES string of the molecule is O=C(NCCN1CCC(CCc2ccccc2)CC1)c1ccnc(OC2CCOCC2)c1. The van der Waals surface area contributed by atoms with Gasteiger partial charge in [0.2, 0.25) is 5.88 Å². The third-order valence-electron chi connectivity index (χ3n) is 6.56. The number of aromatic nitrogens is 1. The van der Waals surface area contributed by atoms with E-state index >= 15 is 0 Å². The molecule has 3 heterocycles. The largest absolute Gasteiger partial charge is 0.474 e. The maximum Gasteiger partial charge on any atom is 0.251 e. The zero-order valence-electron chi connectivity index (χ0n) is 18.9. The van der Waals surface area contributed by atoms with E-state index in [-0.39, 0.29) is 12.0 Å². The quantitative estimate of drug-likeness (QED) is 0.648. The number of piperidine rings is 1. The average molecular weight is 438 g/mol. The van der Waals surface area contributed by atoms with Crippen molar-refractivity contribution in [2.45, 2.75) is 44.6 Å². The maximum atomic E-state index is 12.6. The molecule has 0 unspecified atom stereocenters. The van der Waals surface area contributed by atoms with Crippen LogP contribution in [0.1, 0.15) is 48.0 Å². The maximum absolute atomic E-state index is 12.6. The van der Waals surface area contributed by atoms with Gasteiger partial charge in [-0.05, 0) is 56.3 Å². The van der Waals surface area contributed by atoms with E-state index in [9.17, 15) is 4.79 Å². The Morgan fingerprint density at radius 3 is 2.66 bits per heavy atom. The van der Waals surface area contributed by atoms with Crippen LogP contribution in [0, 0.1) is 5.92 Å². The first-order valence-electron chi connectivity index (χ1n) is 12.0. The molecule has 1 N–H and O–H groups in total. The molecule has 172 valence electrons. The van der Waals surface area contributed by atoms with E-state index in [0.717, 1.165) is 51.6 Å². The van der Waals surface area contributed by atoms with Crippen molar-refractivity contribution in [3.05, 3.63) is 59.8 Å². The van der Waals surface area contributed by atoms with Crippen LogP contribution >= 0.6 is 0 Å². The van der Waals surface area contributed by atoms with Crippen molar-refractivity contribution >= 4 is 5.91 Å². The van der Waals surface area contributed by atoms with Crippen molar-refractivity contribution in [1.29, 1.82) is 0 Å². The van der Waals surface area contributed by atoms with Crippen LogP contribution in [-0.2, 0) is 11.2 Å². The number of ether oxygens (including phenoxy) is 2. The Bertz CT molecular complexity index is 831. The Morgan fingerprint density at radius 2 is 1.88 bits per heavy atom. The number of pyridine rings is 1. The summed E-state index contributed by atoms with van der Waals surface area (Å²) in [6, 6.07) is 14.3. The summed E-state index contributed by atoms with van der Waals surface area (Å²) in [7, 11) is 0. The van der Waals surface area contributed by atoms with E-state index in [1.165, 1.54) is 31.2 Å². The van der Waals surface area contributed by atoms with E-state index in [4.69, 9.17) is 9.47 Å². The Balaban J connectivity index is 1.14. The molecule has 2 aromatic rings. The molecule has 4 rings (SSSR count). The van der Waals surface area contributed by atoms with Gasteiger partial charge in [0.05, 0.1) is 13.2 Å². The molecule has 1 amide bonds. The fourth-order valence-corrected chi connectivity index (χ4v) is 4.52. The predicted octanol–water partition coefficient (Wildman–Crippen LogP) is 3.71. The number of nitrogens with one attached hydrogen (secondary N) is 1. The van der Waals surface area contributed by atoms with Gasteiger partial charge in [-0.2, -0.15) is 0 Å². The van der Waals surface area contributed by atoms with Crippen LogP contribution in [0.3, 0.4) is 0 Å². The number of hydrogen-bond donors (Lipinski definition) is 1. The summed E-state index contributed by atoms with van der Waals surface area (Å²) in [4.78, 5) is 19.3. The van der Waals surface area contributed by atoms with Crippen LogP contribution in [0.4, 0.5) is 0 Å². The third kappa shape index (κ3) is 7.04. The Labute approximate surface area is 191 Å². The van der Waals surface area contributed by atoms with Gasteiger partial charge in [0.25, 0.3) is 5.91 Å². The summed E-state index contributed by atoms with van der Waals surface area (Å²) >= 11 is 0. The summed E-state index contributed by atoms with van der Waals surface area (Å²) in [5, 5.41) is 3.05. The molecule has 2 saturated heterocycles. The molecule has 0 spiro atoms. The van der Waals surface area contributed by atoms with Crippen molar-refractivity contribution < 1.29 is 14.3 Å². The highest BCUT2D eigenvalue weighted by atomic mass is 16.5. The van der Waals surface area contributed by atoms with Crippen LogP contribution < -0.4 is 10.1 Å². The summed E-state index contributed by atoms with van der Waals surface area (Å²) < 4.78 is 11.3. The monoisotopic (exact) mass is 437 g/mol. The average Bonchev–Trinajstić information content (AvgIpc) is 2.85. The topological polar surface area (TPSA) is 63.7 Å². The van der Waals surface area contributed by atoms with Gasteiger partial charge >= 0.3 is 0 Å². The van der Waals surface area contributed by atoms with Crippen molar-refractivity contribution in [3.8, 4) is 5.88 Å². The van der Waals surface area contributed by atoms with Gasteiger partial charge in [0, 0.05) is 43.8 Å². The van der Waals surface area contributed by atoms with Crippen LogP contribution in [0.25, 0.3) is 0 Å². The minimum Gasteiger partial charge on any atom is -0.474 e. The van der Waals surface area contributed by atoms with Crippen LogP contribution in [0.5, 0.6) is 5.88 Å². The molecule has 2 aliphatic heterocycles. The Morgan fingerprint density at radius 1 is 1.09 bits per heavy atom.